The predicted octanol–water partition coefficient (Wildman–Crippen LogP) is 11.5. The summed E-state index contributed by atoms with van der Waals surface area (Å²) in [5, 5.41) is 4.41. The molecule has 234 valence electrons. The Balaban J connectivity index is 1.22. The number of hydrogen-bond acceptors (Lipinski definition) is 4. The molecule has 10 aromatic rings. The maximum Gasteiger partial charge on any atom is 0.166 e. The van der Waals surface area contributed by atoms with E-state index in [9.17, 15) is 0 Å². The molecule has 0 bridgehead atoms. The van der Waals surface area contributed by atoms with Gasteiger partial charge in [-0.15, -0.1) is 0 Å². The van der Waals surface area contributed by atoms with Gasteiger partial charge in [0, 0.05) is 43.9 Å². The molecule has 5 heteroatoms. The third kappa shape index (κ3) is 4.60. The third-order valence-corrected chi connectivity index (χ3v) is 9.47. The number of hydrogen-bond donors (Lipinski definition) is 0. The summed E-state index contributed by atoms with van der Waals surface area (Å²) in [6, 6.07) is 58.6. The van der Waals surface area contributed by atoms with E-state index >= 15 is 0 Å². The van der Waals surface area contributed by atoms with Crippen molar-refractivity contribution < 1.29 is 4.42 Å². The molecule has 0 fully saturated rings. The van der Waals surface area contributed by atoms with Gasteiger partial charge < -0.3 is 8.98 Å². The highest BCUT2D eigenvalue weighted by atomic mass is 16.3. The van der Waals surface area contributed by atoms with Gasteiger partial charge in [0.2, 0.25) is 0 Å². The predicted molar refractivity (Wildman–Crippen MR) is 203 cm³/mol. The summed E-state index contributed by atoms with van der Waals surface area (Å²) in [4.78, 5) is 15.4. The van der Waals surface area contributed by atoms with Gasteiger partial charge in [-0.25, -0.2) is 15.0 Å². The van der Waals surface area contributed by atoms with Gasteiger partial charge in [-0.3, -0.25) is 0 Å². The Morgan fingerprint density at radius 1 is 0.380 bits per heavy atom. The summed E-state index contributed by atoms with van der Waals surface area (Å²) in [7, 11) is 0. The smallest absolute Gasteiger partial charge is 0.166 e. The molecule has 0 radical (unpaired) electrons. The van der Waals surface area contributed by atoms with Gasteiger partial charge >= 0.3 is 0 Å². The highest BCUT2D eigenvalue weighted by Gasteiger charge is 2.20. The molecule has 0 N–H and O–H groups in total. The molecule has 5 nitrogen and oxygen atoms in total. The summed E-state index contributed by atoms with van der Waals surface area (Å²) >= 11 is 0. The summed E-state index contributed by atoms with van der Waals surface area (Å²) in [6.07, 6.45) is 0. The van der Waals surface area contributed by atoms with Crippen molar-refractivity contribution in [1.29, 1.82) is 0 Å². The van der Waals surface area contributed by atoms with Gasteiger partial charge in [0.1, 0.15) is 11.2 Å². The molecule has 3 heterocycles. The van der Waals surface area contributed by atoms with Crippen LogP contribution in [0, 0.1) is 0 Å². The van der Waals surface area contributed by atoms with Crippen molar-refractivity contribution >= 4 is 43.7 Å². The van der Waals surface area contributed by atoms with E-state index in [1.807, 2.05) is 66.7 Å². The lowest BCUT2D eigenvalue weighted by Gasteiger charge is -2.13. The number of rotatable bonds is 5. The van der Waals surface area contributed by atoms with Crippen LogP contribution in [0.25, 0.3) is 94.7 Å². The Kier molecular flexibility index (Phi) is 6.42. The van der Waals surface area contributed by atoms with Crippen LogP contribution >= 0.6 is 0 Å². The van der Waals surface area contributed by atoms with Crippen molar-refractivity contribution in [3.8, 4) is 51.0 Å². The van der Waals surface area contributed by atoms with Crippen LogP contribution in [-0.2, 0) is 0 Å². The Labute approximate surface area is 287 Å². The van der Waals surface area contributed by atoms with Gasteiger partial charge in [0.05, 0.1) is 11.0 Å². The van der Waals surface area contributed by atoms with E-state index in [-0.39, 0.29) is 0 Å². The first kappa shape index (κ1) is 28.2. The van der Waals surface area contributed by atoms with Crippen molar-refractivity contribution in [3.05, 3.63) is 170 Å². The maximum atomic E-state index is 6.14. The molecule has 0 unspecified atom stereocenters. The second-order valence-electron chi connectivity index (χ2n) is 12.4. The summed E-state index contributed by atoms with van der Waals surface area (Å²) in [5.74, 6) is 1.84. The number of furan rings is 1. The van der Waals surface area contributed by atoms with Gasteiger partial charge in [-0.05, 0) is 59.7 Å². The number of benzene rings is 7. The van der Waals surface area contributed by atoms with E-state index in [4.69, 9.17) is 19.4 Å². The molecule has 0 saturated heterocycles. The Bertz CT molecular complexity index is 2850. The second kappa shape index (κ2) is 11.4. The minimum absolute atomic E-state index is 0.605. The van der Waals surface area contributed by atoms with Gasteiger partial charge in [0.15, 0.2) is 17.5 Å². The van der Waals surface area contributed by atoms with E-state index < -0.39 is 0 Å². The molecule has 0 aliphatic heterocycles. The van der Waals surface area contributed by atoms with Crippen LogP contribution in [0.4, 0.5) is 0 Å². The Morgan fingerprint density at radius 3 is 1.76 bits per heavy atom. The quantitative estimate of drug-likeness (QED) is 0.188. The first-order valence-electron chi connectivity index (χ1n) is 16.7. The molecule has 0 aliphatic rings. The van der Waals surface area contributed by atoms with E-state index in [0.717, 1.165) is 60.7 Å². The number of nitrogens with zero attached hydrogens (tertiary/aromatic N) is 4. The van der Waals surface area contributed by atoms with Gasteiger partial charge in [-0.2, -0.15) is 0 Å². The van der Waals surface area contributed by atoms with Crippen LogP contribution in [0.1, 0.15) is 0 Å². The average Bonchev–Trinajstić information content (AvgIpc) is 3.74. The number of aromatic nitrogens is 4. The first-order chi connectivity index (χ1) is 24.8. The molecule has 10 rings (SSSR count). The van der Waals surface area contributed by atoms with Crippen molar-refractivity contribution in [2.24, 2.45) is 0 Å². The van der Waals surface area contributed by atoms with Gasteiger partial charge in [0.25, 0.3) is 0 Å². The Morgan fingerprint density at radius 2 is 0.960 bits per heavy atom. The lowest BCUT2D eigenvalue weighted by atomic mass is 10.1. The van der Waals surface area contributed by atoms with Crippen LogP contribution in [0.5, 0.6) is 0 Å². The van der Waals surface area contributed by atoms with Crippen LogP contribution < -0.4 is 0 Å². The lowest BCUT2D eigenvalue weighted by Crippen LogP contribution is -2.02. The van der Waals surface area contributed by atoms with Crippen LogP contribution in [-0.4, -0.2) is 19.5 Å². The third-order valence-electron chi connectivity index (χ3n) is 9.47. The molecule has 0 atom stereocenters. The summed E-state index contributed by atoms with van der Waals surface area (Å²) in [5.41, 5.74) is 10.1. The van der Waals surface area contributed by atoms with Crippen molar-refractivity contribution in [2.75, 3.05) is 0 Å². The van der Waals surface area contributed by atoms with Crippen molar-refractivity contribution in [2.45, 2.75) is 0 Å². The Hall–Kier alpha value is -6.85. The first-order valence-corrected chi connectivity index (χ1v) is 16.7. The number of fused-ring (bicyclic) bond motifs is 6. The van der Waals surface area contributed by atoms with E-state index in [1.165, 1.54) is 16.5 Å². The minimum Gasteiger partial charge on any atom is -0.456 e. The molecule has 0 spiro atoms. The molecule has 0 aliphatic carbocycles. The SMILES string of the molecule is c1ccc(-c2ccc(-n3c4ccccc4c4cccc(-c5nc(-c6ccccc6)nc(-c6ccc7oc8ccccc8c7c6)n5)c43)cc2)cc1. The zero-order chi connectivity index (χ0) is 33.0. The highest BCUT2D eigenvalue weighted by molar-refractivity contribution is 6.13. The summed E-state index contributed by atoms with van der Waals surface area (Å²) < 4.78 is 8.48. The van der Waals surface area contributed by atoms with E-state index in [2.05, 4.69) is 108 Å². The maximum absolute atomic E-state index is 6.14. The fraction of sp³-hybridized carbons (Fsp3) is 0. The van der Waals surface area contributed by atoms with E-state index in [0.29, 0.717) is 17.5 Å². The van der Waals surface area contributed by atoms with E-state index in [1.54, 1.807) is 0 Å². The van der Waals surface area contributed by atoms with Crippen LogP contribution in [0.2, 0.25) is 0 Å². The molecule has 3 aromatic heterocycles. The molecular formula is C45H28N4O. The average molecular weight is 641 g/mol. The summed E-state index contributed by atoms with van der Waals surface area (Å²) in [6.45, 7) is 0. The molecule has 7 aromatic carbocycles. The zero-order valence-corrected chi connectivity index (χ0v) is 26.9. The normalized spacial score (nSPS) is 11.6. The molecular weight excluding hydrogens is 613 g/mol. The largest absolute Gasteiger partial charge is 0.456 e. The topological polar surface area (TPSA) is 56.7 Å². The minimum atomic E-state index is 0.605. The fourth-order valence-corrected chi connectivity index (χ4v) is 7.11. The monoisotopic (exact) mass is 640 g/mol. The van der Waals surface area contributed by atoms with Crippen LogP contribution in [0.3, 0.4) is 0 Å². The fourth-order valence-electron chi connectivity index (χ4n) is 7.11. The highest BCUT2D eigenvalue weighted by Crippen LogP contribution is 2.39. The van der Waals surface area contributed by atoms with Crippen molar-refractivity contribution in [3.63, 3.8) is 0 Å². The van der Waals surface area contributed by atoms with Gasteiger partial charge in [-0.1, -0.05) is 121 Å². The van der Waals surface area contributed by atoms with Crippen molar-refractivity contribution in [1.82, 2.24) is 19.5 Å². The number of para-hydroxylation sites is 3. The van der Waals surface area contributed by atoms with Crippen LogP contribution in [0.15, 0.2) is 174 Å². The molecule has 50 heavy (non-hydrogen) atoms. The standard InChI is InChI=1S/C45H28N4O/c1-3-12-29(13-4-1)30-22-25-33(26-23-30)49-39-20-9-7-16-34(39)36-18-11-19-37(42(36)49)45-47-43(31-14-5-2-6-15-31)46-44(48-45)32-24-27-41-38(28-32)35-17-8-10-21-40(35)50-41/h1-28H. The zero-order valence-electron chi connectivity index (χ0n) is 26.9. The second-order valence-corrected chi connectivity index (χ2v) is 12.4. The molecule has 0 amide bonds. The lowest BCUT2D eigenvalue weighted by molar-refractivity contribution is 0.669. The molecule has 0 saturated carbocycles.